The van der Waals surface area contributed by atoms with E-state index in [4.69, 9.17) is 0 Å². The highest BCUT2D eigenvalue weighted by Gasteiger charge is 2.14. The summed E-state index contributed by atoms with van der Waals surface area (Å²) in [5, 5.41) is 0. The van der Waals surface area contributed by atoms with Gasteiger partial charge in [-0.05, 0) is 40.3 Å². The van der Waals surface area contributed by atoms with Crippen LogP contribution in [0.2, 0.25) is 0 Å². The summed E-state index contributed by atoms with van der Waals surface area (Å²) in [5.41, 5.74) is 4.02. The highest BCUT2D eigenvalue weighted by molar-refractivity contribution is 9.11. The Labute approximate surface area is 126 Å². The topological polar surface area (TPSA) is 0 Å². The normalized spacial score (nSPS) is 11.6. The van der Waals surface area contributed by atoms with Crippen LogP contribution in [0, 0.1) is 0 Å². The van der Waals surface area contributed by atoms with Crippen LogP contribution in [0.3, 0.4) is 0 Å². The van der Waals surface area contributed by atoms with Crippen molar-refractivity contribution in [3.63, 3.8) is 0 Å². The Balaban J connectivity index is 2.51. The second-order valence-electron chi connectivity index (χ2n) is 5.49. The Bertz CT molecular complexity index is 545. The molecule has 2 heteroatoms. The fourth-order valence-electron chi connectivity index (χ4n) is 1.89. The molecule has 0 unspecified atom stereocenters. The van der Waals surface area contributed by atoms with E-state index in [2.05, 4.69) is 95.1 Å². The zero-order chi connectivity index (χ0) is 13.3. The molecule has 0 saturated heterocycles. The van der Waals surface area contributed by atoms with Crippen LogP contribution in [-0.2, 0) is 5.41 Å². The van der Waals surface area contributed by atoms with Crippen molar-refractivity contribution in [2.45, 2.75) is 26.2 Å². The maximum Gasteiger partial charge on any atom is 0.0192 e. The summed E-state index contributed by atoms with van der Waals surface area (Å²) in [6.45, 7) is 6.72. The Morgan fingerprint density at radius 1 is 0.778 bits per heavy atom. The van der Waals surface area contributed by atoms with Gasteiger partial charge in [-0.15, -0.1) is 0 Å². The molecule has 0 aliphatic heterocycles. The van der Waals surface area contributed by atoms with Gasteiger partial charge in [0.25, 0.3) is 0 Å². The van der Waals surface area contributed by atoms with Crippen molar-refractivity contribution in [2.24, 2.45) is 0 Å². The predicted octanol–water partition coefficient (Wildman–Crippen LogP) is 6.18. The summed E-state index contributed by atoms with van der Waals surface area (Å²) >= 11 is 7.08. The lowest BCUT2D eigenvalue weighted by Crippen LogP contribution is -2.10. The lowest BCUT2D eigenvalue weighted by atomic mass is 9.85. The van der Waals surface area contributed by atoms with Crippen LogP contribution in [-0.4, -0.2) is 0 Å². The second kappa shape index (κ2) is 5.18. The summed E-state index contributed by atoms with van der Waals surface area (Å²) in [6.07, 6.45) is 0. The molecule has 0 N–H and O–H groups in total. The zero-order valence-corrected chi connectivity index (χ0v) is 14.0. The first-order valence-electron chi connectivity index (χ1n) is 5.93. The maximum absolute atomic E-state index is 3.54. The first kappa shape index (κ1) is 13.8. The van der Waals surface area contributed by atoms with Crippen LogP contribution in [0.4, 0.5) is 0 Å². The molecule has 2 aromatic carbocycles. The number of halogens is 2. The summed E-state index contributed by atoms with van der Waals surface area (Å²) in [6, 6.07) is 15.1. The third kappa shape index (κ3) is 3.24. The van der Waals surface area contributed by atoms with Gasteiger partial charge in [0.1, 0.15) is 0 Å². The molecule has 18 heavy (non-hydrogen) atoms. The van der Waals surface area contributed by atoms with E-state index in [0.29, 0.717) is 0 Å². The Hall–Kier alpha value is -0.600. The van der Waals surface area contributed by atoms with Crippen molar-refractivity contribution >= 4 is 31.9 Å². The number of hydrogen-bond donors (Lipinski definition) is 0. The minimum absolute atomic E-state index is 0.180. The number of hydrogen-bond acceptors (Lipinski definition) is 0. The van der Waals surface area contributed by atoms with Crippen LogP contribution in [0.15, 0.2) is 51.4 Å². The van der Waals surface area contributed by atoms with Crippen molar-refractivity contribution in [1.82, 2.24) is 0 Å². The predicted molar refractivity (Wildman–Crippen MR) is 86.0 cm³/mol. The van der Waals surface area contributed by atoms with Crippen molar-refractivity contribution in [3.8, 4) is 11.1 Å². The molecule has 0 heterocycles. The van der Waals surface area contributed by atoms with Crippen LogP contribution in [0.5, 0.6) is 0 Å². The minimum Gasteiger partial charge on any atom is -0.0614 e. The summed E-state index contributed by atoms with van der Waals surface area (Å²) in [7, 11) is 0. The molecule has 0 aliphatic rings. The largest absolute Gasteiger partial charge is 0.0614 e. The average Bonchev–Trinajstić information content (AvgIpc) is 2.27. The maximum atomic E-state index is 3.54. The highest BCUT2D eigenvalue weighted by Crippen LogP contribution is 2.31. The van der Waals surface area contributed by atoms with Crippen LogP contribution in [0.1, 0.15) is 26.3 Å². The molecule has 94 valence electrons. The standard InChI is InChI=1S/C16H16Br2/c1-16(2,3)13-6-4-5-11(7-13)12-8-14(17)10-15(18)9-12/h4-10H,1-3H3. The molecule has 0 amide bonds. The van der Waals surface area contributed by atoms with Gasteiger partial charge < -0.3 is 0 Å². The third-order valence-corrected chi connectivity index (χ3v) is 3.84. The Kier molecular flexibility index (Phi) is 3.98. The van der Waals surface area contributed by atoms with E-state index in [9.17, 15) is 0 Å². The lowest BCUT2D eigenvalue weighted by molar-refractivity contribution is 0.590. The second-order valence-corrected chi connectivity index (χ2v) is 7.32. The number of benzene rings is 2. The quantitative estimate of drug-likeness (QED) is 0.564. The van der Waals surface area contributed by atoms with Gasteiger partial charge in [0.15, 0.2) is 0 Å². The van der Waals surface area contributed by atoms with Crippen molar-refractivity contribution in [3.05, 3.63) is 57.0 Å². The molecule has 0 saturated carbocycles. The molecular formula is C16H16Br2. The highest BCUT2D eigenvalue weighted by atomic mass is 79.9. The molecule has 0 radical (unpaired) electrons. The molecule has 0 atom stereocenters. The smallest absolute Gasteiger partial charge is 0.0192 e. The summed E-state index contributed by atoms with van der Waals surface area (Å²) < 4.78 is 2.18. The molecule has 0 fully saturated rings. The van der Waals surface area contributed by atoms with E-state index in [1.54, 1.807) is 0 Å². The van der Waals surface area contributed by atoms with E-state index in [-0.39, 0.29) is 5.41 Å². The van der Waals surface area contributed by atoms with Gasteiger partial charge in [-0.2, -0.15) is 0 Å². The van der Waals surface area contributed by atoms with Gasteiger partial charge >= 0.3 is 0 Å². The molecular weight excluding hydrogens is 352 g/mol. The van der Waals surface area contributed by atoms with Gasteiger partial charge in [-0.1, -0.05) is 76.9 Å². The summed E-state index contributed by atoms with van der Waals surface area (Å²) in [5.74, 6) is 0. The summed E-state index contributed by atoms with van der Waals surface area (Å²) in [4.78, 5) is 0. The van der Waals surface area contributed by atoms with Gasteiger partial charge in [0, 0.05) is 8.95 Å². The van der Waals surface area contributed by atoms with Crippen molar-refractivity contribution in [1.29, 1.82) is 0 Å². The number of rotatable bonds is 1. The van der Waals surface area contributed by atoms with Crippen LogP contribution < -0.4 is 0 Å². The third-order valence-electron chi connectivity index (χ3n) is 2.92. The van der Waals surface area contributed by atoms with Crippen molar-refractivity contribution < 1.29 is 0 Å². The van der Waals surface area contributed by atoms with E-state index < -0.39 is 0 Å². The fourth-order valence-corrected chi connectivity index (χ4v) is 3.18. The first-order chi connectivity index (χ1) is 8.36. The SMILES string of the molecule is CC(C)(C)c1cccc(-c2cc(Br)cc(Br)c2)c1. The zero-order valence-electron chi connectivity index (χ0n) is 10.8. The monoisotopic (exact) mass is 366 g/mol. The Morgan fingerprint density at radius 3 is 1.94 bits per heavy atom. The Morgan fingerprint density at radius 2 is 1.39 bits per heavy atom. The average molecular weight is 368 g/mol. The lowest BCUT2D eigenvalue weighted by Gasteiger charge is -2.20. The van der Waals surface area contributed by atoms with E-state index in [1.807, 2.05) is 0 Å². The van der Waals surface area contributed by atoms with Crippen LogP contribution >= 0.6 is 31.9 Å². The van der Waals surface area contributed by atoms with Crippen LogP contribution in [0.25, 0.3) is 11.1 Å². The van der Waals surface area contributed by atoms with E-state index in [1.165, 1.54) is 16.7 Å². The fraction of sp³-hybridized carbons (Fsp3) is 0.250. The van der Waals surface area contributed by atoms with Gasteiger partial charge in [-0.25, -0.2) is 0 Å². The molecule has 0 bridgehead atoms. The molecule has 0 nitrogen and oxygen atoms in total. The van der Waals surface area contributed by atoms with E-state index in [0.717, 1.165) is 8.95 Å². The van der Waals surface area contributed by atoms with Gasteiger partial charge in [-0.3, -0.25) is 0 Å². The van der Waals surface area contributed by atoms with Gasteiger partial charge in [0.2, 0.25) is 0 Å². The van der Waals surface area contributed by atoms with Gasteiger partial charge in [0.05, 0.1) is 0 Å². The molecule has 0 aromatic heterocycles. The molecule has 0 spiro atoms. The van der Waals surface area contributed by atoms with Crippen molar-refractivity contribution in [2.75, 3.05) is 0 Å². The first-order valence-corrected chi connectivity index (χ1v) is 7.52. The molecule has 0 aliphatic carbocycles. The molecule has 2 rings (SSSR count). The molecule has 2 aromatic rings. The van der Waals surface area contributed by atoms with E-state index >= 15 is 0 Å². The minimum atomic E-state index is 0.180.